The Labute approximate surface area is 178 Å². The molecule has 5 atom stereocenters. The first-order chi connectivity index (χ1) is 13.5. The number of fused-ring (bicyclic) bond motifs is 2. The summed E-state index contributed by atoms with van der Waals surface area (Å²) in [5, 5.41) is 0. The van der Waals surface area contributed by atoms with Crippen LogP contribution in [0, 0.1) is 11.8 Å². The number of amides is 1. The predicted molar refractivity (Wildman–Crippen MR) is 126 cm³/mol. The van der Waals surface area contributed by atoms with Gasteiger partial charge in [-0.3, -0.25) is 4.79 Å². The van der Waals surface area contributed by atoms with Gasteiger partial charge in [0.2, 0.25) is 5.91 Å². The van der Waals surface area contributed by atoms with Crippen LogP contribution < -0.4 is 0 Å². The summed E-state index contributed by atoms with van der Waals surface area (Å²) in [5.74, 6) is 1.73. The lowest BCUT2D eigenvalue weighted by Crippen LogP contribution is -2.61. The molecule has 0 spiro atoms. The highest BCUT2D eigenvalue weighted by molar-refractivity contribution is 8.01. The van der Waals surface area contributed by atoms with Gasteiger partial charge >= 0.3 is 0 Å². The van der Waals surface area contributed by atoms with Crippen molar-refractivity contribution >= 4 is 48.5 Å². The van der Waals surface area contributed by atoms with E-state index in [1.165, 1.54) is 10.3 Å². The lowest BCUT2D eigenvalue weighted by Gasteiger charge is -2.47. The van der Waals surface area contributed by atoms with Crippen molar-refractivity contribution in [3.05, 3.63) is 47.7 Å². The number of thioether (sulfide) groups is 1. The van der Waals surface area contributed by atoms with Crippen LogP contribution in [0.4, 0.5) is 0 Å². The van der Waals surface area contributed by atoms with Gasteiger partial charge in [-0.2, -0.15) is 0 Å². The quantitative estimate of drug-likeness (QED) is 0.331. The van der Waals surface area contributed by atoms with E-state index in [2.05, 4.69) is 65.3 Å². The average molecular weight is 433 g/mol. The van der Waals surface area contributed by atoms with Gasteiger partial charge in [0, 0.05) is 17.4 Å². The zero-order valence-electron chi connectivity index (χ0n) is 17.2. The number of hydrogen-bond acceptors (Lipinski definition) is 4. The first kappa shape index (κ1) is 21.5. The summed E-state index contributed by atoms with van der Waals surface area (Å²) < 4.78 is 2.35. The predicted octanol–water partition coefficient (Wildman–Crippen LogP) is 5.99. The molecule has 0 bridgehead atoms. The zero-order chi connectivity index (χ0) is 20.4. The molecule has 1 saturated heterocycles. The topological polar surface area (TPSA) is 33.2 Å². The van der Waals surface area contributed by atoms with Crippen molar-refractivity contribution in [3.8, 4) is 0 Å². The number of thiazole rings is 1. The molecule has 2 aromatic rings. The van der Waals surface area contributed by atoms with E-state index in [1.807, 2.05) is 24.8 Å². The highest BCUT2D eigenvalue weighted by Gasteiger charge is 2.56. The molecule has 0 aliphatic carbocycles. The standard InChI is InChI=1S/C20H23N2OPS2.C2H6/c1-11-14(12(2)22-18(11)17(13(3)24)19(22)23)7-6-10-25-20-21-15-8-4-5-9-16(15)26-20;1-2/h4-9,11,13,17-18H,10,24H2,1-3H3;1-2H3/b7-6+;/t11-,13+,17+,18+;/m0./s1. The molecule has 150 valence electrons. The first-order valence-electron chi connectivity index (χ1n) is 9.93. The third-order valence-electron chi connectivity index (χ3n) is 5.41. The maximum absolute atomic E-state index is 12.4. The zero-order valence-corrected chi connectivity index (χ0v) is 20.0. The number of nitrogens with zero attached hydrogens (tertiary/aromatic N) is 2. The van der Waals surface area contributed by atoms with Crippen molar-refractivity contribution < 1.29 is 4.79 Å². The molecule has 0 N–H and O–H groups in total. The van der Waals surface area contributed by atoms with Gasteiger partial charge in [0.15, 0.2) is 4.34 Å². The number of allylic oxidation sites excluding steroid dienone is 2. The number of carbonyl (C=O) groups is 1. The summed E-state index contributed by atoms with van der Waals surface area (Å²) in [4.78, 5) is 19.1. The molecule has 28 heavy (non-hydrogen) atoms. The number of benzene rings is 1. The van der Waals surface area contributed by atoms with Crippen LogP contribution in [0.2, 0.25) is 0 Å². The van der Waals surface area contributed by atoms with Crippen LogP contribution in [0.25, 0.3) is 10.2 Å². The molecular weight excluding hydrogens is 403 g/mol. The van der Waals surface area contributed by atoms with Crippen LogP contribution >= 0.6 is 32.3 Å². The molecule has 3 nitrogen and oxygen atoms in total. The summed E-state index contributed by atoms with van der Waals surface area (Å²) in [6.45, 7) is 10.5. The number of aromatic nitrogens is 1. The molecule has 1 amide bonds. The van der Waals surface area contributed by atoms with E-state index in [4.69, 9.17) is 0 Å². The van der Waals surface area contributed by atoms with E-state index >= 15 is 0 Å². The van der Waals surface area contributed by atoms with Crippen LogP contribution in [0.3, 0.4) is 0 Å². The fraction of sp³-hybridized carbons (Fsp3) is 0.455. The van der Waals surface area contributed by atoms with E-state index in [1.54, 1.807) is 23.1 Å². The Hall–Kier alpha value is -1.16. The Morgan fingerprint density at radius 3 is 2.75 bits per heavy atom. The molecule has 0 saturated carbocycles. The molecule has 1 aromatic carbocycles. The summed E-state index contributed by atoms with van der Waals surface area (Å²) in [6, 6.07) is 8.60. The van der Waals surface area contributed by atoms with Crippen molar-refractivity contribution in [3.63, 3.8) is 0 Å². The monoisotopic (exact) mass is 432 g/mol. The molecule has 3 heterocycles. The van der Waals surface area contributed by atoms with Crippen molar-refractivity contribution in [2.24, 2.45) is 11.8 Å². The van der Waals surface area contributed by atoms with Crippen molar-refractivity contribution in [2.75, 3.05) is 5.75 Å². The summed E-state index contributed by atoms with van der Waals surface area (Å²) in [7, 11) is 2.80. The third kappa shape index (κ3) is 3.81. The van der Waals surface area contributed by atoms with E-state index < -0.39 is 0 Å². The maximum atomic E-state index is 12.4. The second-order valence-corrected chi connectivity index (χ2v) is 10.4. The lowest BCUT2D eigenvalue weighted by atomic mass is 9.79. The Bertz CT molecular complexity index is 885. The Kier molecular flexibility index (Phi) is 7.01. The molecular formula is C22H29N2OPS2. The number of hydrogen-bond donors (Lipinski definition) is 0. The highest BCUT2D eigenvalue weighted by Crippen LogP contribution is 2.48. The van der Waals surface area contributed by atoms with Gasteiger partial charge in [-0.05, 0) is 30.3 Å². The number of carbonyl (C=O) groups excluding carboxylic acids is 1. The third-order valence-corrected chi connectivity index (χ3v) is 7.96. The van der Waals surface area contributed by atoms with Crippen LogP contribution in [-0.4, -0.2) is 33.2 Å². The Morgan fingerprint density at radius 1 is 1.36 bits per heavy atom. The summed E-state index contributed by atoms with van der Waals surface area (Å²) >= 11 is 3.52. The van der Waals surface area contributed by atoms with Crippen LogP contribution in [0.5, 0.6) is 0 Å². The molecule has 1 aromatic heterocycles. The smallest absolute Gasteiger partial charge is 0.232 e. The fourth-order valence-corrected chi connectivity index (χ4v) is 6.42. The summed E-state index contributed by atoms with van der Waals surface area (Å²) in [5.41, 5.74) is 3.85. The molecule has 4 rings (SSSR count). The van der Waals surface area contributed by atoms with Gasteiger partial charge in [-0.15, -0.1) is 20.6 Å². The van der Waals surface area contributed by atoms with Gasteiger partial charge in [0.05, 0.1) is 22.2 Å². The van der Waals surface area contributed by atoms with Crippen molar-refractivity contribution in [1.82, 2.24) is 9.88 Å². The minimum atomic E-state index is 0.146. The second kappa shape index (κ2) is 9.11. The molecule has 1 fully saturated rings. The first-order valence-corrected chi connectivity index (χ1v) is 12.4. The molecule has 2 aliphatic heterocycles. The van der Waals surface area contributed by atoms with Gasteiger partial charge in [0.25, 0.3) is 0 Å². The van der Waals surface area contributed by atoms with Crippen LogP contribution in [0.15, 0.2) is 52.0 Å². The van der Waals surface area contributed by atoms with Crippen LogP contribution in [0.1, 0.15) is 34.6 Å². The highest BCUT2D eigenvalue weighted by atomic mass is 32.2. The van der Waals surface area contributed by atoms with Crippen LogP contribution in [-0.2, 0) is 4.79 Å². The molecule has 1 unspecified atom stereocenters. The van der Waals surface area contributed by atoms with Gasteiger partial charge < -0.3 is 4.90 Å². The normalized spacial score (nSPS) is 25.0. The SMILES string of the molecule is CC.CC1=C(/C=C/CSc2nc3ccccc3s2)[C@H](C)[C@@H]2[C@@H]([C@@H](C)P)C(=O)N12. The Morgan fingerprint density at radius 2 is 2.07 bits per heavy atom. The minimum absolute atomic E-state index is 0.146. The van der Waals surface area contributed by atoms with E-state index in [-0.39, 0.29) is 11.8 Å². The van der Waals surface area contributed by atoms with E-state index in [0.29, 0.717) is 17.6 Å². The summed E-state index contributed by atoms with van der Waals surface area (Å²) in [6.07, 6.45) is 4.43. The number of β-lactam (4-membered cyclic amide) rings is 1. The molecule has 0 radical (unpaired) electrons. The largest absolute Gasteiger partial charge is 0.311 e. The average Bonchev–Trinajstić information content (AvgIpc) is 3.17. The van der Waals surface area contributed by atoms with Gasteiger partial charge in [-0.25, -0.2) is 4.98 Å². The fourth-order valence-electron chi connectivity index (χ4n) is 4.12. The van der Waals surface area contributed by atoms with Crippen molar-refractivity contribution in [1.29, 1.82) is 0 Å². The molecule has 6 heteroatoms. The van der Waals surface area contributed by atoms with E-state index in [0.717, 1.165) is 21.3 Å². The molecule has 2 aliphatic rings. The van der Waals surface area contributed by atoms with Gasteiger partial charge in [-0.1, -0.05) is 63.7 Å². The van der Waals surface area contributed by atoms with Gasteiger partial charge in [0.1, 0.15) is 0 Å². The maximum Gasteiger partial charge on any atom is 0.232 e. The Balaban J connectivity index is 0.00000109. The lowest BCUT2D eigenvalue weighted by molar-refractivity contribution is -0.152. The number of para-hydroxylation sites is 1. The van der Waals surface area contributed by atoms with Crippen molar-refractivity contribution in [2.45, 2.75) is 50.7 Å². The second-order valence-electron chi connectivity index (χ2n) is 7.07. The number of rotatable bonds is 5. The minimum Gasteiger partial charge on any atom is -0.311 e. The van der Waals surface area contributed by atoms with E-state index in [9.17, 15) is 4.79 Å².